The van der Waals surface area contributed by atoms with Gasteiger partial charge in [-0.25, -0.2) is 0 Å². The van der Waals surface area contributed by atoms with Gasteiger partial charge in [0.2, 0.25) is 0 Å². The van der Waals surface area contributed by atoms with Gasteiger partial charge < -0.3 is 10.6 Å². The van der Waals surface area contributed by atoms with Gasteiger partial charge in [0.05, 0.1) is 0 Å². The molecule has 104 valence electrons. The van der Waals surface area contributed by atoms with Crippen molar-refractivity contribution in [3.05, 3.63) is 28.8 Å². The van der Waals surface area contributed by atoms with Crippen molar-refractivity contribution in [2.45, 2.75) is 50.5 Å². The van der Waals surface area contributed by atoms with Gasteiger partial charge in [-0.3, -0.25) is 0 Å². The van der Waals surface area contributed by atoms with Crippen LogP contribution in [0.15, 0.2) is 18.2 Å². The Bertz CT molecular complexity index is 460. The summed E-state index contributed by atoms with van der Waals surface area (Å²) in [5.74, 6) is 0. The van der Waals surface area contributed by atoms with Crippen molar-refractivity contribution in [3.63, 3.8) is 0 Å². The number of anilines is 1. The zero-order chi connectivity index (χ0) is 13.5. The summed E-state index contributed by atoms with van der Waals surface area (Å²) in [6.45, 7) is 4.47. The lowest BCUT2D eigenvalue weighted by Gasteiger charge is -2.34. The number of hydrogen-bond donors (Lipinski definition) is 1. The van der Waals surface area contributed by atoms with Crippen molar-refractivity contribution >= 4 is 17.3 Å². The summed E-state index contributed by atoms with van der Waals surface area (Å²) in [4.78, 5) is 2.53. The van der Waals surface area contributed by atoms with E-state index >= 15 is 0 Å². The molecular weight excluding hydrogens is 256 g/mol. The minimum absolute atomic E-state index is 0.178. The van der Waals surface area contributed by atoms with Gasteiger partial charge in [-0.1, -0.05) is 11.6 Å². The standard InChI is InChI=1S/C16H23ClN2/c1-12(18)16(7-8-16)14-11-13(17)5-6-15(14)19-9-3-2-4-10-19/h5-6,11-12H,2-4,7-10,18H2,1H3. The monoisotopic (exact) mass is 278 g/mol. The molecule has 1 saturated carbocycles. The smallest absolute Gasteiger partial charge is 0.0410 e. The van der Waals surface area contributed by atoms with Crippen LogP contribution in [0.2, 0.25) is 5.02 Å². The maximum atomic E-state index is 6.25. The molecule has 1 aromatic carbocycles. The molecule has 0 amide bonds. The Kier molecular flexibility index (Phi) is 3.48. The zero-order valence-corrected chi connectivity index (χ0v) is 12.4. The summed E-state index contributed by atoms with van der Waals surface area (Å²) >= 11 is 6.23. The number of piperidine rings is 1. The molecule has 1 unspecified atom stereocenters. The predicted molar refractivity (Wildman–Crippen MR) is 82.1 cm³/mol. The summed E-state index contributed by atoms with van der Waals surface area (Å²) in [5, 5.41) is 0.836. The van der Waals surface area contributed by atoms with Crippen molar-refractivity contribution in [1.29, 1.82) is 0 Å². The molecule has 0 aromatic heterocycles. The Balaban J connectivity index is 2.00. The van der Waals surface area contributed by atoms with E-state index in [1.165, 1.54) is 56.4 Å². The first-order valence-electron chi connectivity index (χ1n) is 7.44. The molecule has 0 radical (unpaired) electrons. The van der Waals surface area contributed by atoms with Gasteiger partial charge in [-0.05, 0) is 62.8 Å². The molecule has 0 bridgehead atoms. The van der Waals surface area contributed by atoms with Crippen LogP contribution >= 0.6 is 11.6 Å². The van der Waals surface area contributed by atoms with Crippen LogP contribution in [-0.4, -0.2) is 19.1 Å². The second-order valence-electron chi connectivity index (χ2n) is 6.15. The number of hydrogen-bond acceptors (Lipinski definition) is 2. The van der Waals surface area contributed by atoms with Crippen molar-refractivity contribution in [3.8, 4) is 0 Å². The molecule has 1 atom stereocenters. The van der Waals surface area contributed by atoms with Crippen LogP contribution in [-0.2, 0) is 5.41 Å². The number of nitrogens with two attached hydrogens (primary N) is 1. The van der Waals surface area contributed by atoms with E-state index in [1.54, 1.807) is 0 Å². The van der Waals surface area contributed by atoms with E-state index < -0.39 is 0 Å². The lowest BCUT2D eigenvalue weighted by Crippen LogP contribution is -2.35. The molecule has 2 N–H and O–H groups in total. The van der Waals surface area contributed by atoms with Crippen LogP contribution in [0.4, 0.5) is 5.69 Å². The Morgan fingerprint density at radius 1 is 1.21 bits per heavy atom. The lowest BCUT2D eigenvalue weighted by molar-refractivity contribution is 0.542. The Morgan fingerprint density at radius 3 is 2.47 bits per heavy atom. The number of rotatable bonds is 3. The normalized spacial score (nSPS) is 23.2. The van der Waals surface area contributed by atoms with Crippen LogP contribution in [0.5, 0.6) is 0 Å². The molecule has 3 heteroatoms. The van der Waals surface area contributed by atoms with E-state index in [0.717, 1.165) is 5.02 Å². The molecular formula is C16H23ClN2. The highest BCUT2D eigenvalue weighted by Crippen LogP contribution is 2.53. The van der Waals surface area contributed by atoms with E-state index in [-0.39, 0.29) is 11.5 Å². The SMILES string of the molecule is CC(N)C1(c2cc(Cl)ccc2N2CCCCC2)CC1. The van der Waals surface area contributed by atoms with Crippen LogP contribution in [0.25, 0.3) is 0 Å². The Labute approximate surface area is 120 Å². The summed E-state index contributed by atoms with van der Waals surface area (Å²) in [6.07, 6.45) is 6.36. The van der Waals surface area contributed by atoms with Gasteiger partial charge in [0.15, 0.2) is 0 Å². The van der Waals surface area contributed by atoms with Crippen LogP contribution in [0.3, 0.4) is 0 Å². The molecule has 19 heavy (non-hydrogen) atoms. The molecule has 1 heterocycles. The van der Waals surface area contributed by atoms with E-state index in [0.29, 0.717) is 0 Å². The van der Waals surface area contributed by atoms with Crippen molar-refractivity contribution in [2.24, 2.45) is 5.73 Å². The fourth-order valence-corrected chi connectivity index (χ4v) is 3.59. The quantitative estimate of drug-likeness (QED) is 0.913. The third kappa shape index (κ3) is 2.36. The van der Waals surface area contributed by atoms with Crippen LogP contribution in [0.1, 0.15) is 44.6 Å². The second-order valence-corrected chi connectivity index (χ2v) is 6.59. The van der Waals surface area contributed by atoms with Gasteiger partial charge in [-0.2, -0.15) is 0 Å². The van der Waals surface area contributed by atoms with Crippen molar-refractivity contribution in [2.75, 3.05) is 18.0 Å². The van der Waals surface area contributed by atoms with Gasteiger partial charge in [0.1, 0.15) is 0 Å². The zero-order valence-electron chi connectivity index (χ0n) is 11.7. The first-order chi connectivity index (χ1) is 9.13. The molecule has 1 saturated heterocycles. The van der Waals surface area contributed by atoms with E-state index in [2.05, 4.69) is 24.0 Å². The maximum absolute atomic E-state index is 6.25. The van der Waals surface area contributed by atoms with Crippen LogP contribution in [0, 0.1) is 0 Å². The summed E-state index contributed by atoms with van der Waals surface area (Å²) in [7, 11) is 0. The molecule has 2 nitrogen and oxygen atoms in total. The predicted octanol–water partition coefficient (Wildman–Crippen LogP) is 3.71. The third-order valence-electron chi connectivity index (χ3n) is 4.85. The molecule has 1 aliphatic heterocycles. The highest BCUT2D eigenvalue weighted by atomic mass is 35.5. The average Bonchev–Trinajstić information content (AvgIpc) is 3.21. The van der Waals surface area contributed by atoms with Crippen molar-refractivity contribution < 1.29 is 0 Å². The maximum Gasteiger partial charge on any atom is 0.0410 e. The minimum Gasteiger partial charge on any atom is -0.371 e. The fourth-order valence-electron chi connectivity index (χ4n) is 3.42. The topological polar surface area (TPSA) is 29.3 Å². The Morgan fingerprint density at radius 2 is 1.89 bits per heavy atom. The minimum atomic E-state index is 0.178. The number of benzene rings is 1. The molecule has 2 aliphatic rings. The number of halogens is 1. The summed E-state index contributed by atoms with van der Waals surface area (Å²) in [5.41, 5.74) is 9.19. The highest BCUT2D eigenvalue weighted by molar-refractivity contribution is 6.30. The van der Waals surface area contributed by atoms with E-state index in [1.807, 2.05) is 6.07 Å². The van der Waals surface area contributed by atoms with Crippen LogP contribution < -0.4 is 10.6 Å². The summed E-state index contributed by atoms with van der Waals surface area (Å²) in [6, 6.07) is 6.58. The first-order valence-corrected chi connectivity index (χ1v) is 7.82. The third-order valence-corrected chi connectivity index (χ3v) is 5.09. The van der Waals surface area contributed by atoms with Gasteiger partial charge in [0.25, 0.3) is 0 Å². The second kappa shape index (κ2) is 4.99. The highest BCUT2D eigenvalue weighted by Gasteiger charge is 2.49. The molecule has 2 fully saturated rings. The lowest BCUT2D eigenvalue weighted by atomic mass is 9.87. The molecule has 3 rings (SSSR count). The van der Waals surface area contributed by atoms with Gasteiger partial charge >= 0.3 is 0 Å². The van der Waals surface area contributed by atoms with Gasteiger partial charge in [-0.15, -0.1) is 0 Å². The fraction of sp³-hybridized carbons (Fsp3) is 0.625. The average molecular weight is 279 g/mol. The molecule has 0 spiro atoms. The molecule has 1 aromatic rings. The molecule has 1 aliphatic carbocycles. The van der Waals surface area contributed by atoms with Gasteiger partial charge in [0, 0.05) is 35.3 Å². The van der Waals surface area contributed by atoms with E-state index in [9.17, 15) is 0 Å². The van der Waals surface area contributed by atoms with E-state index in [4.69, 9.17) is 17.3 Å². The summed E-state index contributed by atoms with van der Waals surface area (Å²) < 4.78 is 0. The van der Waals surface area contributed by atoms with Crippen molar-refractivity contribution in [1.82, 2.24) is 0 Å². The largest absolute Gasteiger partial charge is 0.371 e. The Hall–Kier alpha value is -0.730. The first kappa shape index (κ1) is 13.3. The number of nitrogens with zero attached hydrogens (tertiary/aromatic N) is 1.